The number of amides is 3. The van der Waals surface area contributed by atoms with Crippen molar-refractivity contribution in [2.75, 3.05) is 53.4 Å². The molecular weight excluding hydrogens is 366 g/mol. The van der Waals surface area contributed by atoms with Gasteiger partial charge in [-0.1, -0.05) is 6.07 Å². The molecule has 1 atom stereocenters. The highest BCUT2D eigenvalue weighted by atomic mass is 16.2. The van der Waals surface area contributed by atoms with Crippen LogP contribution >= 0.6 is 0 Å². The van der Waals surface area contributed by atoms with Crippen molar-refractivity contribution in [2.45, 2.75) is 32.7 Å². The minimum absolute atomic E-state index is 0.0424. The summed E-state index contributed by atoms with van der Waals surface area (Å²) < 4.78 is 0. The highest BCUT2D eigenvalue weighted by molar-refractivity contribution is 5.87. The SMILES string of the molecule is CCN1CC[C@]2(CN(Cc3cccnc3)CC23CCN(C(=O)N(C)C)CC3)C1=O. The fraction of sp³-hybridized carbons (Fsp3) is 0.682. The number of hydrogen-bond acceptors (Lipinski definition) is 4. The van der Waals surface area contributed by atoms with Gasteiger partial charge in [0, 0.05) is 77.7 Å². The van der Waals surface area contributed by atoms with Crippen molar-refractivity contribution in [3.05, 3.63) is 30.1 Å². The summed E-state index contributed by atoms with van der Waals surface area (Å²) in [6.45, 7) is 7.76. The maximum atomic E-state index is 13.6. The minimum Gasteiger partial charge on any atom is -0.342 e. The third-order valence-corrected chi connectivity index (χ3v) is 7.42. The Kier molecular flexibility index (Phi) is 5.27. The normalized spacial score (nSPS) is 26.7. The number of likely N-dealkylation sites (tertiary alicyclic amines) is 3. The summed E-state index contributed by atoms with van der Waals surface area (Å²) in [7, 11) is 3.61. The summed E-state index contributed by atoms with van der Waals surface area (Å²) >= 11 is 0. The molecule has 7 heteroatoms. The molecule has 3 aliphatic heterocycles. The van der Waals surface area contributed by atoms with Crippen LogP contribution in [0.4, 0.5) is 4.79 Å². The first-order chi connectivity index (χ1) is 13.9. The van der Waals surface area contributed by atoms with Gasteiger partial charge in [0.25, 0.3) is 0 Å². The van der Waals surface area contributed by atoms with Crippen molar-refractivity contribution in [3.63, 3.8) is 0 Å². The lowest BCUT2D eigenvalue weighted by atomic mass is 9.60. The van der Waals surface area contributed by atoms with E-state index in [1.807, 2.05) is 22.1 Å². The van der Waals surface area contributed by atoms with E-state index in [1.54, 1.807) is 25.2 Å². The van der Waals surface area contributed by atoms with Gasteiger partial charge < -0.3 is 14.7 Å². The van der Waals surface area contributed by atoms with E-state index in [1.165, 1.54) is 5.56 Å². The third kappa shape index (κ3) is 3.29. The van der Waals surface area contributed by atoms with E-state index in [9.17, 15) is 9.59 Å². The average Bonchev–Trinajstić information content (AvgIpc) is 3.20. The lowest BCUT2D eigenvalue weighted by Gasteiger charge is -2.47. The molecule has 3 saturated heterocycles. The Balaban J connectivity index is 1.58. The summed E-state index contributed by atoms with van der Waals surface area (Å²) in [5, 5.41) is 0. The zero-order chi connectivity index (χ0) is 20.6. The number of pyridine rings is 1. The lowest BCUT2D eigenvalue weighted by Crippen LogP contribution is -2.54. The Morgan fingerprint density at radius 1 is 1.17 bits per heavy atom. The molecule has 1 aromatic rings. The lowest BCUT2D eigenvalue weighted by molar-refractivity contribution is -0.141. The van der Waals surface area contributed by atoms with Crippen LogP contribution in [0, 0.1) is 10.8 Å². The number of piperidine rings is 1. The number of nitrogens with zero attached hydrogens (tertiary/aromatic N) is 5. The first-order valence-corrected chi connectivity index (χ1v) is 10.8. The second-order valence-corrected chi connectivity index (χ2v) is 9.17. The van der Waals surface area contributed by atoms with Gasteiger partial charge in [-0.3, -0.25) is 14.7 Å². The summed E-state index contributed by atoms with van der Waals surface area (Å²) in [5.41, 5.74) is 0.843. The number of rotatable bonds is 3. The average molecular weight is 400 g/mol. The van der Waals surface area contributed by atoms with Gasteiger partial charge in [-0.2, -0.15) is 0 Å². The maximum Gasteiger partial charge on any atom is 0.319 e. The van der Waals surface area contributed by atoms with Gasteiger partial charge in [-0.05, 0) is 37.8 Å². The molecule has 7 nitrogen and oxygen atoms in total. The summed E-state index contributed by atoms with van der Waals surface area (Å²) in [6, 6.07) is 4.16. The van der Waals surface area contributed by atoms with Crippen LogP contribution in [0.15, 0.2) is 24.5 Å². The number of fused-ring (bicyclic) bond motifs is 1. The highest BCUT2D eigenvalue weighted by Gasteiger charge is 2.64. The molecule has 0 aliphatic carbocycles. The van der Waals surface area contributed by atoms with Gasteiger partial charge in [0.1, 0.15) is 0 Å². The van der Waals surface area contributed by atoms with Crippen molar-refractivity contribution >= 4 is 11.9 Å². The molecule has 3 fully saturated rings. The van der Waals surface area contributed by atoms with Crippen LogP contribution in [-0.4, -0.2) is 89.9 Å². The van der Waals surface area contributed by atoms with Crippen LogP contribution in [-0.2, 0) is 11.3 Å². The van der Waals surface area contributed by atoms with Crippen LogP contribution in [0.25, 0.3) is 0 Å². The van der Waals surface area contributed by atoms with Crippen LogP contribution in [0.3, 0.4) is 0 Å². The van der Waals surface area contributed by atoms with Crippen molar-refractivity contribution < 1.29 is 9.59 Å². The molecule has 0 radical (unpaired) electrons. The van der Waals surface area contributed by atoms with Crippen LogP contribution in [0.2, 0.25) is 0 Å². The second-order valence-electron chi connectivity index (χ2n) is 9.17. The molecule has 158 valence electrons. The first-order valence-electron chi connectivity index (χ1n) is 10.8. The van der Waals surface area contributed by atoms with E-state index < -0.39 is 0 Å². The molecule has 29 heavy (non-hydrogen) atoms. The van der Waals surface area contributed by atoms with E-state index >= 15 is 0 Å². The van der Waals surface area contributed by atoms with Gasteiger partial charge in [0.2, 0.25) is 5.91 Å². The highest BCUT2D eigenvalue weighted by Crippen LogP contribution is 2.58. The number of carbonyl (C=O) groups excluding carboxylic acids is 2. The zero-order valence-corrected chi connectivity index (χ0v) is 17.9. The quantitative estimate of drug-likeness (QED) is 0.779. The van der Waals surface area contributed by atoms with Crippen LogP contribution < -0.4 is 0 Å². The van der Waals surface area contributed by atoms with Crippen LogP contribution in [0.1, 0.15) is 31.7 Å². The van der Waals surface area contributed by atoms with Gasteiger partial charge in [-0.25, -0.2) is 4.79 Å². The van der Waals surface area contributed by atoms with Gasteiger partial charge in [0.05, 0.1) is 5.41 Å². The van der Waals surface area contributed by atoms with Gasteiger partial charge in [-0.15, -0.1) is 0 Å². The Morgan fingerprint density at radius 2 is 1.93 bits per heavy atom. The first kappa shape index (κ1) is 20.1. The van der Waals surface area contributed by atoms with Crippen molar-refractivity contribution in [1.82, 2.24) is 24.6 Å². The minimum atomic E-state index is -0.307. The number of urea groups is 1. The molecule has 2 spiro atoms. The molecule has 4 heterocycles. The maximum absolute atomic E-state index is 13.6. The predicted octanol–water partition coefficient (Wildman–Crippen LogP) is 1.90. The van der Waals surface area contributed by atoms with Crippen molar-refractivity contribution in [1.29, 1.82) is 0 Å². The largest absolute Gasteiger partial charge is 0.342 e. The molecule has 3 amide bonds. The smallest absolute Gasteiger partial charge is 0.319 e. The molecule has 0 aromatic carbocycles. The van der Waals surface area contributed by atoms with Gasteiger partial charge >= 0.3 is 6.03 Å². The Morgan fingerprint density at radius 3 is 2.52 bits per heavy atom. The van der Waals surface area contributed by atoms with Gasteiger partial charge in [0.15, 0.2) is 0 Å². The van der Waals surface area contributed by atoms with E-state index in [0.29, 0.717) is 5.91 Å². The summed E-state index contributed by atoms with van der Waals surface area (Å²) in [4.78, 5) is 38.3. The van der Waals surface area contributed by atoms with Crippen LogP contribution in [0.5, 0.6) is 0 Å². The monoisotopic (exact) mass is 399 g/mol. The predicted molar refractivity (Wildman–Crippen MR) is 111 cm³/mol. The Labute approximate surface area is 173 Å². The van der Waals surface area contributed by atoms with Crippen molar-refractivity contribution in [3.8, 4) is 0 Å². The standard InChI is InChI=1S/C22H33N5O2/c1-4-26-13-9-22(19(26)28)17-25(15-18-6-5-10-23-14-18)16-21(22)7-11-27(12-8-21)20(29)24(2)3/h5-6,10,14H,4,7-9,11-13,15-17H2,1-3H3/t22-/m0/s1. The second kappa shape index (κ2) is 7.59. The number of hydrogen-bond donors (Lipinski definition) is 0. The zero-order valence-electron chi connectivity index (χ0n) is 17.9. The molecule has 3 aliphatic rings. The molecule has 0 N–H and O–H groups in total. The molecule has 4 rings (SSSR count). The fourth-order valence-corrected chi connectivity index (χ4v) is 5.87. The molecule has 0 saturated carbocycles. The third-order valence-electron chi connectivity index (χ3n) is 7.42. The number of aromatic nitrogens is 1. The topological polar surface area (TPSA) is 60.0 Å². The Hall–Kier alpha value is -2.15. The van der Waals surface area contributed by atoms with E-state index in [2.05, 4.69) is 22.9 Å². The molecule has 1 aromatic heterocycles. The van der Waals surface area contributed by atoms with E-state index in [-0.39, 0.29) is 16.9 Å². The summed E-state index contributed by atoms with van der Waals surface area (Å²) in [6.07, 6.45) is 6.46. The molecule has 0 unspecified atom stereocenters. The summed E-state index contributed by atoms with van der Waals surface area (Å²) in [5.74, 6) is 0.334. The molecule has 0 bridgehead atoms. The number of carbonyl (C=O) groups is 2. The van der Waals surface area contributed by atoms with E-state index in [4.69, 9.17) is 0 Å². The van der Waals surface area contributed by atoms with Crippen molar-refractivity contribution in [2.24, 2.45) is 10.8 Å². The van der Waals surface area contributed by atoms with E-state index in [0.717, 1.165) is 65.1 Å². The molecular formula is C22H33N5O2. The fourth-order valence-electron chi connectivity index (χ4n) is 5.87. The Bertz CT molecular complexity index is 760.